The zero-order valence-electron chi connectivity index (χ0n) is 9.09. The first-order chi connectivity index (χ1) is 7.39. The summed E-state index contributed by atoms with van der Waals surface area (Å²) in [6, 6.07) is 6.19. The molecule has 1 atom stereocenters. The molecule has 6 heteroatoms. The van der Waals surface area contributed by atoms with Crippen LogP contribution in [0.5, 0.6) is 0 Å². The average Bonchev–Trinajstić information content (AvgIpc) is 2.27. The monoisotopic (exact) mass is 355 g/mol. The lowest BCUT2D eigenvalue weighted by Gasteiger charge is -2.22. The van der Waals surface area contributed by atoms with Crippen LogP contribution < -0.4 is 0 Å². The highest BCUT2D eigenvalue weighted by Gasteiger charge is 2.24. The Morgan fingerprint density at radius 3 is 2.31 bits per heavy atom. The average molecular weight is 355 g/mol. The Morgan fingerprint density at radius 2 is 1.88 bits per heavy atom. The van der Waals surface area contributed by atoms with Crippen LogP contribution in [0.15, 0.2) is 29.2 Å². The number of aliphatic hydroxyl groups is 1. The number of nitrogens with zero attached hydrogens (tertiary/aromatic N) is 1. The predicted molar refractivity (Wildman–Crippen MR) is 70.7 cm³/mol. The minimum Gasteiger partial charge on any atom is -0.395 e. The molecule has 4 nitrogen and oxygen atoms in total. The van der Waals surface area contributed by atoms with Crippen molar-refractivity contribution in [1.82, 2.24) is 4.31 Å². The number of sulfonamides is 1. The summed E-state index contributed by atoms with van der Waals surface area (Å²) in [4.78, 5) is 0.246. The maximum atomic E-state index is 12.1. The van der Waals surface area contributed by atoms with Crippen LogP contribution in [0.4, 0.5) is 0 Å². The molecule has 0 saturated carbocycles. The van der Waals surface area contributed by atoms with E-state index in [2.05, 4.69) is 22.6 Å². The number of hydrogen-bond acceptors (Lipinski definition) is 3. The van der Waals surface area contributed by atoms with Crippen LogP contribution in [0, 0.1) is 3.57 Å². The maximum absolute atomic E-state index is 12.1. The van der Waals surface area contributed by atoms with Crippen molar-refractivity contribution in [3.05, 3.63) is 27.8 Å². The molecule has 0 aliphatic rings. The molecule has 16 heavy (non-hydrogen) atoms. The topological polar surface area (TPSA) is 57.6 Å². The van der Waals surface area contributed by atoms with E-state index in [1.165, 1.54) is 11.4 Å². The van der Waals surface area contributed by atoms with Crippen molar-refractivity contribution in [3.63, 3.8) is 0 Å². The molecule has 1 N–H and O–H groups in total. The van der Waals surface area contributed by atoms with Gasteiger partial charge in [-0.15, -0.1) is 0 Å². The fourth-order valence-corrected chi connectivity index (χ4v) is 2.84. The van der Waals surface area contributed by atoms with E-state index in [1.807, 2.05) is 0 Å². The number of rotatable bonds is 4. The van der Waals surface area contributed by atoms with E-state index < -0.39 is 16.1 Å². The zero-order chi connectivity index (χ0) is 12.3. The lowest BCUT2D eigenvalue weighted by atomic mass is 10.4. The Bertz CT molecular complexity index is 444. The fraction of sp³-hybridized carbons (Fsp3) is 0.400. The highest BCUT2D eigenvalue weighted by Crippen LogP contribution is 2.17. The molecule has 1 unspecified atom stereocenters. The van der Waals surface area contributed by atoms with Gasteiger partial charge in [0, 0.05) is 16.7 Å². The minimum atomic E-state index is -3.50. The Morgan fingerprint density at radius 1 is 1.38 bits per heavy atom. The molecule has 1 rings (SSSR count). The van der Waals surface area contributed by atoms with Crippen LogP contribution in [0.1, 0.15) is 6.92 Å². The van der Waals surface area contributed by atoms with Gasteiger partial charge in [-0.05, 0) is 53.8 Å². The molecule has 0 fully saturated rings. The molecule has 1 aromatic rings. The van der Waals surface area contributed by atoms with E-state index in [4.69, 9.17) is 5.11 Å². The third-order valence-corrected chi connectivity index (χ3v) is 5.08. The van der Waals surface area contributed by atoms with Crippen LogP contribution in [0.25, 0.3) is 0 Å². The second kappa shape index (κ2) is 5.44. The van der Waals surface area contributed by atoms with Gasteiger partial charge in [-0.1, -0.05) is 0 Å². The summed E-state index contributed by atoms with van der Waals surface area (Å²) in [5.74, 6) is 0. The van der Waals surface area contributed by atoms with Gasteiger partial charge in [0.05, 0.1) is 11.5 Å². The quantitative estimate of drug-likeness (QED) is 0.829. The molecule has 0 aliphatic heterocycles. The van der Waals surface area contributed by atoms with Gasteiger partial charge in [0.1, 0.15) is 0 Å². The lowest BCUT2D eigenvalue weighted by Crippen LogP contribution is -2.37. The Hall–Kier alpha value is -0.180. The standard InChI is InChI=1S/C10H14INO3S/c1-8(7-13)12(2)16(14,15)10-5-3-9(11)4-6-10/h3-6,8,13H,7H2,1-2H3. The summed E-state index contributed by atoms with van der Waals surface area (Å²) in [5, 5.41) is 8.95. The maximum Gasteiger partial charge on any atom is 0.243 e. The molecule has 0 heterocycles. The van der Waals surface area contributed by atoms with E-state index >= 15 is 0 Å². The van der Waals surface area contributed by atoms with Crippen molar-refractivity contribution in [1.29, 1.82) is 0 Å². The van der Waals surface area contributed by atoms with Gasteiger partial charge in [0.2, 0.25) is 10.0 Å². The molecule has 0 spiro atoms. The molecule has 1 aromatic carbocycles. The van der Waals surface area contributed by atoms with Gasteiger partial charge in [-0.3, -0.25) is 0 Å². The Balaban J connectivity index is 3.07. The number of halogens is 1. The summed E-state index contributed by atoms with van der Waals surface area (Å²) in [6.45, 7) is 1.46. The Kier molecular flexibility index (Phi) is 4.72. The highest BCUT2D eigenvalue weighted by atomic mass is 127. The summed E-state index contributed by atoms with van der Waals surface area (Å²) in [7, 11) is -2.03. The SMILES string of the molecule is CC(CO)N(C)S(=O)(=O)c1ccc(I)cc1. The zero-order valence-corrected chi connectivity index (χ0v) is 12.1. The molecule has 0 bridgehead atoms. The van der Waals surface area contributed by atoms with Crippen LogP contribution in [-0.2, 0) is 10.0 Å². The van der Waals surface area contributed by atoms with Crippen molar-refractivity contribution in [3.8, 4) is 0 Å². The van der Waals surface area contributed by atoms with Gasteiger partial charge in [0.25, 0.3) is 0 Å². The Labute approximate surface area is 109 Å². The van der Waals surface area contributed by atoms with Crippen molar-refractivity contribution >= 4 is 32.6 Å². The van der Waals surface area contributed by atoms with E-state index in [-0.39, 0.29) is 11.5 Å². The van der Waals surface area contributed by atoms with Crippen molar-refractivity contribution in [2.45, 2.75) is 17.9 Å². The molecule has 0 saturated heterocycles. The number of hydrogen-bond donors (Lipinski definition) is 1. The first-order valence-corrected chi connectivity index (χ1v) is 7.26. The van der Waals surface area contributed by atoms with Gasteiger partial charge in [0.15, 0.2) is 0 Å². The first-order valence-electron chi connectivity index (χ1n) is 4.74. The molecule has 0 amide bonds. The third-order valence-electron chi connectivity index (χ3n) is 2.38. The molecular weight excluding hydrogens is 341 g/mol. The van der Waals surface area contributed by atoms with Crippen LogP contribution >= 0.6 is 22.6 Å². The van der Waals surface area contributed by atoms with Gasteiger partial charge >= 0.3 is 0 Å². The van der Waals surface area contributed by atoms with Crippen LogP contribution in [0.2, 0.25) is 0 Å². The third kappa shape index (κ3) is 2.93. The smallest absolute Gasteiger partial charge is 0.243 e. The molecular formula is C10H14INO3S. The predicted octanol–water partition coefficient (Wildman–Crippen LogP) is 1.29. The first kappa shape index (κ1) is 13.9. The van der Waals surface area contributed by atoms with Crippen molar-refractivity contribution < 1.29 is 13.5 Å². The second-order valence-corrected chi connectivity index (χ2v) is 6.75. The molecule has 0 radical (unpaired) electrons. The highest BCUT2D eigenvalue weighted by molar-refractivity contribution is 14.1. The largest absolute Gasteiger partial charge is 0.395 e. The van der Waals surface area contributed by atoms with Crippen molar-refractivity contribution in [2.24, 2.45) is 0 Å². The van der Waals surface area contributed by atoms with Gasteiger partial charge in [-0.25, -0.2) is 8.42 Å². The minimum absolute atomic E-state index is 0.194. The summed E-state index contributed by atoms with van der Waals surface area (Å²) in [5.41, 5.74) is 0. The van der Waals surface area contributed by atoms with E-state index in [0.717, 1.165) is 3.57 Å². The number of aliphatic hydroxyl groups excluding tert-OH is 1. The number of benzene rings is 1. The second-order valence-electron chi connectivity index (χ2n) is 3.51. The lowest BCUT2D eigenvalue weighted by molar-refractivity contribution is 0.214. The normalized spacial score (nSPS) is 14.1. The number of likely N-dealkylation sites (N-methyl/N-ethyl adjacent to an activating group) is 1. The molecule has 0 aromatic heterocycles. The molecule has 90 valence electrons. The van der Waals surface area contributed by atoms with Crippen molar-refractivity contribution in [2.75, 3.05) is 13.7 Å². The molecule has 0 aliphatic carbocycles. The fourth-order valence-electron chi connectivity index (χ4n) is 1.12. The van der Waals surface area contributed by atoms with Gasteiger partial charge in [-0.2, -0.15) is 4.31 Å². The van der Waals surface area contributed by atoms with E-state index in [1.54, 1.807) is 31.2 Å². The summed E-state index contributed by atoms with van der Waals surface area (Å²) < 4.78 is 26.3. The summed E-state index contributed by atoms with van der Waals surface area (Å²) >= 11 is 2.11. The van der Waals surface area contributed by atoms with E-state index in [0.29, 0.717) is 0 Å². The van der Waals surface area contributed by atoms with Crippen LogP contribution in [0.3, 0.4) is 0 Å². The van der Waals surface area contributed by atoms with Gasteiger partial charge < -0.3 is 5.11 Å². The van der Waals surface area contributed by atoms with Crippen LogP contribution in [-0.4, -0.2) is 37.5 Å². The summed E-state index contributed by atoms with van der Waals surface area (Å²) in [6.07, 6.45) is 0. The van der Waals surface area contributed by atoms with E-state index in [9.17, 15) is 8.42 Å².